The zero-order chi connectivity index (χ0) is 13.2. The lowest BCUT2D eigenvalue weighted by Gasteiger charge is -2.10. The summed E-state index contributed by atoms with van der Waals surface area (Å²) in [6.07, 6.45) is 3.44. The van der Waals surface area contributed by atoms with Crippen molar-refractivity contribution in [1.29, 1.82) is 5.26 Å². The van der Waals surface area contributed by atoms with Crippen LogP contribution in [0.5, 0.6) is 0 Å². The molecule has 5 nitrogen and oxygen atoms in total. The van der Waals surface area contributed by atoms with Crippen LogP contribution < -0.4 is 0 Å². The van der Waals surface area contributed by atoms with Gasteiger partial charge in [0, 0.05) is 6.20 Å². The molecule has 94 valence electrons. The molecule has 18 heavy (non-hydrogen) atoms. The minimum absolute atomic E-state index is 0.208. The molecule has 1 aliphatic rings. The van der Waals surface area contributed by atoms with Gasteiger partial charge < -0.3 is 0 Å². The average molecular weight is 264 g/mol. The fourth-order valence-corrected chi connectivity index (χ4v) is 4.05. The quantitative estimate of drug-likeness (QED) is 0.756. The van der Waals surface area contributed by atoms with Gasteiger partial charge in [0.1, 0.15) is 11.8 Å². The van der Waals surface area contributed by atoms with Gasteiger partial charge in [0.05, 0.1) is 16.6 Å². The Kier molecular flexibility index (Phi) is 3.43. The van der Waals surface area contributed by atoms with Gasteiger partial charge in [0.25, 0.3) is 0 Å². The number of pyridine rings is 1. The number of nitriles is 1. The Bertz CT molecular complexity index is 617. The van der Waals surface area contributed by atoms with Crippen LogP contribution in [0.3, 0.4) is 0 Å². The second-order valence-electron chi connectivity index (χ2n) is 4.33. The lowest BCUT2D eigenvalue weighted by Crippen LogP contribution is -2.19. The number of aromatic nitrogens is 1. The Morgan fingerprint density at radius 3 is 2.89 bits per heavy atom. The van der Waals surface area contributed by atoms with E-state index in [1.165, 1.54) is 6.20 Å². The van der Waals surface area contributed by atoms with Gasteiger partial charge in [-0.05, 0) is 30.9 Å². The molecule has 0 N–H and O–H groups in total. The molecule has 1 aromatic heterocycles. The number of hydrogen-bond donors (Lipinski definition) is 0. The number of hydrogen-bond acceptors (Lipinski definition) is 5. The van der Waals surface area contributed by atoms with Crippen LogP contribution in [0.2, 0.25) is 0 Å². The number of rotatable bonds is 3. The normalized spacial score (nSPS) is 21.4. The summed E-state index contributed by atoms with van der Waals surface area (Å²) >= 11 is 0. The highest BCUT2D eigenvalue weighted by molar-refractivity contribution is 7.92. The highest BCUT2D eigenvalue weighted by Crippen LogP contribution is 2.24. The lowest BCUT2D eigenvalue weighted by molar-refractivity contribution is 0.111. The molecule has 2 heterocycles. The zero-order valence-electron chi connectivity index (χ0n) is 9.67. The minimum Gasteiger partial charge on any atom is -0.296 e. The van der Waals surface area contributed by atoms with Crippen molar-refractivity contribution < 1.29 is 13.2 Å². The van der Waals surface area contributed by atoms with Crippen molar-refractivity contribution in [2.45, 2.75) is 24.5 Å². The van der Waals surface area contributed by atoms with Crippen LogP contribution in [0.15, 0.2) is 12.3 Å². The van der Waals surface area contributed by atoms with Gasteiger partial charge in [-0.3, -0.25) is 9.78 Å². The molecule has 1 unspecified atom stereocenters. The van der Waals surface area contributed by atoms with Crippen LogP contribution >= 0.6 is 0 Å². The van der Waals surface area contributed by atoms with E-state index < -0.39 is 15.1 Å². The Hall–Kier alpha value is -1.74. The summed E-state index contributed by atoms with van der Waals surface area (Å²) in [5, 5.41) is 8.34. The smallest absolute Gasteiger partial charge is 0.168 e. The summed E-state index contributed by atoms with van der Waals surface area (Å²) in [4.78, 5) is 14.7. The van der Waals surface area contributed by atoms with E-state index in [9.17, 15) is 13.2 Å². The van der Waals surface area contributed by atoms with Crippen molar-refractivity contribution >= 4 is 16.1 Å². The zero-order valence-corrected chi connectivity index (χ0v) is 10.5. The maximum absolute atomic E-state index is 11.7. The van der Waals surface area contributed by atoms with Gasteiger partial charge in [0.2, 0.25) is 0 Å². The molecular weight excluding hydrogens is 252 g/mol. The number of sulfone groups is 1. The molecule has 0 bridgehead atoms. The van der Waals surface area contributed by atoms with Gasteiger partial charge in [-0.15, -0.1) is 0 Å². The van der Waals surface area contributed by atoms with E-state index in [4.69, 9.17) is 5.26 Å². The second-order valence-corrected chi connectivity index (χ2v) is 6.73. The van der Waals surface area contributed by atoms with Gasteiger partial charge >= 0.3 is 0 Å². The second kappa shape index (κ2) is 4.86. The molecule has 1 aromatic rings. The maximum Gasteiger partial charge on any atom is 0.168 e. The predicted molar refractivity (Wildman–Crippen MR) is 64.9 cm³/mol. The highest BCUT2D eigenvalue weighted by atomic mass is 32.2. The molecule has 1 fully saturated rings. The van der Waals surface area contributed by atoms with E-state index in [0.29, 0.717) is 30.3 Å². The summed E-state index contributed by atoms with van der Waals surface area (Å²) in [5.74, 6) is 0.208. The van der Waals surface area contributed by atoms with E-state index in [1.807, 2.05) is 6.07 Å². The monoisotopic (exact) mass is 264 g/mol. The number of aldehydes is 1. The van der Waals surface area contributed by atoms with E-state index in [2.05, 4.69) is 4.98 Å². The fourth-order valence-electron chi connectivity index (χ4n) is 2.18. The van der Waals surface area contributed by atoms with Crippen molar-refractivity contribution in [2.75, 3.05) is 5.75 Å². The van der Waals surface area contributed by atoms with E-state index >= 15 is 0 Å². The first kappa shape index (κ1) is 12.7. The molecular formula is C12H12N2O3S. The van der Waals surface area contributed by atoms with Gasteiger partial charge in [0.15, 0.2) is 16.1 Å². The van der Waals surface area contributed by atoms with Gasteiger partial charge in [-0.1, -0.05) is 0 Å². The molecule has 2 rings (SSSR count). The van der Waals surface area contributed by atoms with Crippen molar-refractivity contribution in [1.82, 2.24) is 4.98 Å². The van der Waals surface area contributed by atoms with Crippen molar-refractivity contribution in [3.8, 4) is 6.07 Å². The first-order valence-electron chi connectivity index (χ1n) is 5.62. The first-order valence-corrected chi connectivity index (χ1v) is 7.34. The van der Waals surface area contributed by atoms with Crippen LogP contribution in [0, 0.1) is 11.3 Å². The SMILES string of the molecule is N#Cc1cnc(C=O)c(CC2CCCS2(=O)=O)c1. The van der Waals surface area contributed by atoms with Crippen molar-refractivity contribution in [3.63, 3.8) is 0 Å². The molecule has 1 atom stereocenters. The molecule has 0 spiro atoms. The molecule has 1 aliphatic heterocycles. The van der Waals surface area contributed by atoms with Crippen LogP contribution in [-0.2, 0) is 16.3 Å². The van der Waals surface area contributed by atoms with E-state index in [-0.39, 0.29) is 17.9 Å². The summed E-state index contributed by atoms with van der Waals surface area (Å²) in [6, 6.07) is 3.48. The lowest BCUT2D eigenvalue weighted by atomic mass is 10.0. The summed E-state index contributed by atoms with van der Waals surface area (Å²) in [5.41, 5.74) is 1.10. The highest BCUT2D eigenvalue weighted by Gasteiger charge is 2.31. The summed E-state index contributed by atoms with van der Waals surface area (Å²) < 4.78 is 23.5. The molecule has 6 heteroatoms. The maximum atomic E-state index is 11.7. The minimum atomic E-state index is -3.06. The van der Waals surface area contributed by atoms with Gasteiger partial charge in [-0.2, -0.15) is 5.26 Å². The summed E-state index contributed by atoms with van der Waals surface area (Å²) in [6.45, 7) is 0. The van der Waals surface area contributed by atoms with E-state index in [0.717, 1.165) is 0 Å². The molecule has 0 saturated carbocycles. The Labute approximate surface area is 105 Å². The Balaban J connectivity index is 2.33. The standard InChI is InChI=1S/C12H12N2O3S/c13-6-9-4-10(12(8-15)14-7-9)5-11-2-1-3-18(11,16)17/h4,7-8,11H,1-3,5H2. The van der Waals surface area contributed by atoms with Crippen molar-refractivity contribution in [3.05, 3.63) is 29.1 Å². The number of carbonyl (C=O) groups is 1. The topological polar surface area (TPSA) is 87.9 Å². The van der Waals surface area contributed by atoms with Crippen LogP contribution in [0.1, 0.15) is 34.5 Å². The molecule has 0 radical (unpaired) electrons. The van der Waals surface area contributed by atoms with Gasteiger partial charge in [-0.25, -0.2) is 8.42 Å². The van der Waals surface area contributed by atoms with E-state index in [1.54, 1.807) is 6.07 Å². The van der Waals surface area contributed by atoms with Crippen molar-refractivity contribution in [2.24, 2.45) is 0 Å². The molecule has 0 aromatic carbocycles. The summed E-state index contributed by atoms with van der Waals surface area (Å²) in [7, 11) is -3.06. The molecule has 0 aliphatic carbocycles. The van der Waals surface area contributed by atoms with Crippen LogP contribution in [-0.4, -0.2) is 30.7 Å². The third-order valence-corrected chi connectivity index (χ3v) is 5.43. The third-order valence-electron chi connectivity index (χ3n) is 3.15. The number of carbonyl (C=O) groups excluding carboxylic acids is 1. The average Bonchev–Trinajstić information content (AvgIpc) is 2.68. The molecule has 0 amide bonds. The largest absolute Gasteiger partial charge is 0.296 e. The Morgan fingerprint density at radius 2 is 2.33 bits per heavy atom. The Morgan fingerprint density at radius 1 is 1.56 bits per heavy atom. The predicted octanol–water partition coefficient (Wildman–Crippen LogP) is 0.885. The van der Waals surface area contributed by atoms with Crippen LogP contribution in [0.25, 0.3) is 0 Å². The first-order chi connectivity index (χ1) is 8.56. The van der Waals surface area contributed by atoms with Crippen LogP contribution in [0.4, 0.5) is 0 Å². The number of nitrogens with zero attached hydrogens (tertiary/aromatic N) is 2. The fraction of sp³-hybridized carbons (Fsp3) is 0.417. The third kappa shape index (κ3) is 2.41. The molecule has 1 saturated heterocycles.